The van der Waals surface area contributed by atoms with Crippen LogP contribution in [0, 0.1) is 11.7 Å². The van der Waals surface area contributed by atoms with Gasteiger partial charge in [-0.05, 0) is 30.2 Å². The van der Waals surface area contributed by atoms with E-state index in [4.69, 9.17) is 0 Å². The Morgan fingerprint density at radius 2 is 1.89 bits per heavy atom. The lowest BCUT2D eigenvalue weighted by Gasteiger charge is -2.10. The van der Waals surface area contributed by atoms with Crippen LogP contribution in [0.15, 0.2) is 24.3 Å². The quantitative estimate of drug-likeness (QED) is 0.831. The molecular formula is C13H20FNO2S. The van der Waals surface area contributed by atoms with Gasteiger partial charge < -0.3 is 5.32 Å². The highest BCUT2D eigenvalue weighted by Crippen LogP contribution is 2.09. The van der Waals surface area contributed by atoms with Crippen LogP contribution >= 0.6 is 0 Å². The van der Waals surface area contributed by atoms with Crippen LogP contribution in [-0.2, 0) is 9.84 Å². The maximum absolute atomic E-state index is 12.7. The molecule has 0 heterocycles. The van der Waals surface area contributed by atoms with Crippen LogP contribution in [0.25, 0.3) is 0 Å². The van der Waals surface area contributed by atoms with Crippen molar-refractivity contribution in [2.45, 2.75) is 20.3 Å². The van der Waals surface area contributed by atoms with E-state index in [1.54, 1.807) is 12.1 Å². The largest absolute Gasteiger partial charge is 0.384 e. The van der Waals surface area contributed by atoms with Gasteiger partial charge in [-0.15, -0.1) is 0 Å². The van der Waals surface area contributed by atoms with Gasteiger partial charge >= 0.3 is 0 Å². The molecule has 0 fully saturated rings. The first-order chi connectivity index (χ1) is 8.43. The minimum atomic E-state index is -3.01. The Balaban J connectivity index is 2.39. The molecule has 0 aromatic heterocycles. The van der Waals surface area contributed by atoms with Crippen LogP contribution in [-0.4, -0.2) is 26.5 Å². The molecule has 0 aliphatic rings. The van der Waals surface area contributed by atoms with E-state index in [-0.39, 0.29) is 23.2 Å². The Bertz CT molecular complexity index is 456. The maximum Gasteiger partial charge on any atom is 0.152 e. The molecule has 102 valence electrons. The molecule has 18 heavy (non-hydrogen) atoms. The zero-order valence-corrected chi connectivity index (χ0v) is 11.6. The molecule has 0 saturated carbocycles. The molecule has 0 amide bonds. The highest BCUT2D eigenvalue weighted by molar-refractivity contribution is 7.91. The summed E-state index contributed by atoms with van der Waals surface area (Å²) in [6, 6.07) is 5.87. The van der Waals surface area contributed by atoms with Gasteiger partial charge in [0.1, 0.15) is 5.82 Å². The molecule has 1 rings (SSSR count). The first-order valence-corrected chi connectivity index (χ1v) is 7.95. The number of sulfone groups is 1. The minimum Gasteiger partial charge on any atom is -0.384 e. The topological polar surface area (TPSA) is 46.2 Å². The zero-order valence-electron chi connectivity index (χ0n) is 10.8. The summed E-state index contributed by atoms with van der Waals surface area (Å²) in [5.41, 5.74) is 0.732. The number of benzene rings is 1. The number of hydrogen-bond donors (Lipinski definition) is 1. The molecule has 1 unspecified atom stereocenters. The zero-order chi connectivity index (χ0) is 13.6. The van der Waals surface area contributed by atoms with Crippen LogP contribution in [0.4, 0.5) is 10.1 Å². The van der Waals surface area contributed by atoms with Gasteiger partial charge in [-0.2, -0.15) is 0 Å². The van der Waals surface area contributed by atoms with Crippen molar-refractivity contribution in [3.05, 3.63) is 30.1 Å². The van der Waals surface area contributed by atoms with Crippen LogP contribution in [0.3, 0.4) is 0 Å². The van der Waals surface area contributed by atoms with E-state index in [0.29, 0.717) is 6.54 Å². The van der Waals surface area contributed by atoms with Crippen molar-refractivity contribution in [2.24, 2.45) is 5.92 Å². The summed E-state index contributed by atoms with van der Waals surface area (Å²) in [6.07, 6.45) is 0.866. The summed E-state index contributed by atoms with van der Waals surface area (Å²) in [6.45, 7) is 4.27. The minimum absolute atomic E-state index is 0.106. The van der Waals surface area contributed by atoms with E-state index >= 15 is 0 Å². The number of hydrogen-bond acceptors (Lipinski definition) is 3. The maximum atomic E-state index is 12.7. The second kappa shape index (κ2) is 6.73. The summed E-state index contributed by atoms with van der Waals surface area (Å²) < 4.78 is 36.1. The van der Waals surface area contributed by atoms with Crippen molar-refractivity contribution in [2.75, 3.05) is 23.4 Å². The highest BCUT2D eigenvalue weighted by Gasteiger charge is 2.14. The molecule has 1 atom stereocenters. The Morgan fingerprint density at radius 3 is 2.44 bits per heavy atom. The van der Waals surface area contributed by atoms with Crippen molar-refractivity contribution < 1.29 is 12.8 Å². The van der Waals surface area contributed by atoms with Crippen molar-refractivity contribution >= 4 is 15.5 Å². The average molecular weight is 273 g/mol. The van der Waals surface area contributed by atoms with Gasteiger partial charge in [0.15, 0.2) is 9.84 Å². The highest BCUT2D eigenvalue weighted by atomic mass is 32.2. The lowest BCUT2D eigenvalue weighted by atomic mass is 10.2. The van der Waals surface area contributed by atoms with Crippen LogP contribution in [0.1, 0.15) is 20.3 Å². The predicted octanol–water partition coefficient (Wildman–Crippen LogP) is 2.70. The molecule has 1 aromatic carbocycles. The second-order valence-electron chi connectivity index (χ2n) is 4.56. The van der Waals surface area contributed by atoms with E-state index in [1.165, 1.54) is 12.1 Å². The molecule has 0 aliphatic carbocycles. The summed E-state index contributed by atoms with van der Waals surface area (Å²) in [4.78, 5) is 0. The SMILES string of the molecule is CCC(C)CS(=O)(=O)CCNc1ccc(F)cc1. The summed E-state index contributed by atoms with van der Waals surface area (Å²) in [5, 5.41) is 2.97. The van der Waals surface area contributed by atoms with Gasteiger partial charge in [0.25, 0.3) is 0 Å². The summed E-state index contributed by atoms with van der Waals surface area (Å²) in [5.74, 6) is 0.231. The first kappa shape index (κ1) is 15.0. The molecule has 1 aromatic rings. The van der Waals surface area contributed by atoms with Crippen molar-refractivity contribution in [3.63, 3.8) is 0 Å². The van der Waals surface area contributed by atoms with E-state index in [0.717, 1.165) is 12.1 Å². The van der Waals surface area contributed by atoms with Gasteiger partial charge in [-0.1, -0.05) is 20.3 Å². The third kappa shape index (κ3) is 5.49. The fourth-order valence-electron chi connectivity index (χ4n) is 1.55. The normalized spacial score (nSPS) is 13.3. The van der Waals surface area contributed by atoms with E-state index in [9.17, 15) is 12.8 Å². The van der Waals surface area contributed by atoms with Gasteiger partial charge in [0.2, 0.25) is 0 Å². The van der Waals surface area contributed by atoms with Gasteiger partial charge in [0.05, 0.1) is 11.5 Å². The Kier molecular flexibility index (Phi) is 5.59. The van der Waals surface area contributed by atoms with E-state index < -0.39 is 9.84 Å². The van der Waals surface area contributed by atoms with Crippen molar-refractivity contribution in [1.29, 1.82) is 0 Å². The molecule has 0 radical (unpaired) electrons. The lowest BCUT2D eigenvalue weighted by Crippen LogP contribution is -2.21. The van der Waals surface area contributed by atoms with Crippen LogP contribution < -0.4 is 5.32 Å². The number of anilines is 1. The smallest absolute Gasteiger partial charge is 0.152 e. The Morgan fingerprint density at radius 1 is 1.28 bits per heavy atom. The predicted molar refractivity (Wildman–Crippen MR) is 73.0 cm³/mol. The molecule has 0 aliphatic heterocycles. The monoisotopic (exact) mass is 273 g/mol. The number of rotatable bonds is 7. The second-order valence-corrected chi connectivity index (χ2v) is 6.79. The van der Waals surface area contributed by atoms with Gasteiger partial charge in [-0.3, -0.25) is 0 Å². The van der Waals surface area contributed by atoms with Crippen molar-refractivity contribution in [3.8, 4) is 0 Å². The van der Waals surface area contributed by atoms with E-state index in [1.807, 2.05) is 13.8 Å². The van der Waals surface area contributed by atoms with Gasteiger partial charge in [-0.25, -0.2) is 12.8 Å². The fourth-order valence-corrected chi connectivity index (χ4v) is 3.24. The Labute approximate surface area is 108 Å². The van der Waals surface area contributed by atoms with E-state index in [2.05, 4.69) is 5.32 Å². The summed E-state index contributed by atoms with van der Waals surface area (Å²) >= 11 is 0. The average Bonchev–Trinajstić information content (AvgIpc) is 2.31. The number of halogens is 1. The first-order valence-electron chi connectivity index (χ1n) is 6.13. The van der Waals surface area contributed by atoms with Crippen LogP contribution in [0.5, 0.6) is 0 Å². The molecule has 0 spiro atoms. The molecular weight excluding hydrogens is 253 g/mol. The van der Waals surface area contributed by atoms with Crippen molar-refractivity contribution in [1.82, 2.24) is 0 Å². The molecule has 1 N–H and O–H groups in total. The molecule has 3 nitrogen and oxygen atoms in total. The summed E-state index contributed by atoms with van der Waals surface area (Å²) in [7, 11) is -3.01. The van der Waals surface area contributed by atoms with Crippen LogP contribution in [0.2, 0.25) is 0 Å². The van der Waals surface area contributed by atoms with Gasteiger partial charge in [0, 0.05) is 12.2 Å². The Hall–Kier alpha value is -1.10. The molecule has 0 bridgehead atoms. The third-order valence-corrected chi connectivity index (χ3v) is 4.72. The standard InChI is InChI=1S/C13H20FNO2S/c1-3-11(2)10-18(16,17)9-8-15-13-6-4-12(14)5-7-13/h4-7,11,15H,3,8-10H2,1-2H3. The molecule has 5 heteroatoms. The lowest BCUT2D eigenvalue weighted by molar-refractivity contribution is 0.564. The third-order valence-electron chi connectivity index (χ3n) is 2.82. The molecule has 0 saturated heterocycles. The number of nitrogens with one attached hydrogen (secondary N) is 1. The fraction of sp³-hybridized carbons (Fsp3) is 0.538.